The maximum absolute atomic E-state index is 12.5. The minimum absolute atomic E-state index is 0.247. The maximum Gasteiger partial charge on any atom is 0.271 e. The highest BCUT2D eigenvalue weighted by Crippen LogP contribution is 2.38. The Kier molecular flexibility index (Phi) is 5.64. The van der Waals surface area contributed by atoms with Crippen LogP contribution in [0.4, 0.5) is 11.5 Å². The lowest BCUT2D eigenvalue weighted by molar-refractivity contribution is 0.0955. The van der Waals surface area contributed by atoms with Crippen molar-refractivity contribution in [3.8, 4) is 0 Å². The first-order chi connectivity index (χ1) is 15.7. The molecule has 4 aromatic rings. The molecule has 0 radical (unpaired) electrons. The number of hydrogen-bond acceptors (Lipinski definition) is 6. The van der Waals surface area contributed by atoms with Gasteiger partial charge in [0.25, 0.3) is 5.91 Å². The molecule has 0 spiro atoms. The number of fused-ring (bicyclic) bond motifs is 3. The van der Waals surface area contributed by atoms with Crippen molar-refractivity contribution in [2.75, 3.05) is 5.32 Å². The molecule has 0 atom stereocenters. The number of hydrogen-bond donors (Lipinski definition) is 2. The fraction of sp³-hybridized carbons (Fsp3) is 0.200. The van der Waals surface area contributed by atoms with Crippen molar-refractivity contribution in [1.82, 2.24) is 15.4 Å². The summed E-state index contributed by atoms with van der Waals surface area (Å²) in [4.78, 5) is 24.0. The first-order valence-electron chi connectivity index (χ1n) is 10.7. The van der Waals surface area contributed by atoms with E-state index >= 15 is 0 Å². The van der Waals surface area contributed by atoms with Crippen LogP contribution in [0.2, 0.25) is 0 Å². The summed E-state index contributed by atoms with van der Waals surface area (Å²) in [7, 11) is 0. The zero-order valence-corrected chi connectivity index (χ0v) is 18.6. The summed E-state index contributed by atoms with van der Waals surface area (Å²) in [5, 5.41) is 8.77. The largest absolute Gasteiger partial charge is 0.340 e. The predicted octanol–water partition coefficient (Wildman–Crippen LogP) is 5.47. The zero-order valence-electron chi connectivity index (χ0n) is 17.8. The summed E-state index contributed by atoms with van der Waals surface area (Å²) >= 11 is 1.78. The van der Waals surface area contributed by atoms with Crippen LogP contribution in [0.15, 0.2) is 66.0 Å². The number of amides is 1. The van der Waals surface area contributed by atoms with E-state index in [0.29, 0.717) is 5.56 Å². The lowest BCUT2D eigenvalue weighted by Crippen LogP contribution is -2.19. The Bertz CT molecular complexity index is 1300. The zero-order chi connectivity index (χ0) is 21.9. The number of aryl methyl sites for hydroxylation is 2. The van der Waals surface area contributed by atoms with E-state index in [4.69, 9.17) is 0 Å². The second-order valence-corrected chi connectivity index (χ2v) is 8.90. The van der Waals surface area contributed by atoms with Gasteiger partial charge >= 0.3 is 0 Å². The van der Waals surface area contributed by atoms with Crippen LogP contribution in [0.3, 0.4) is 0 Å². The molecule has 2 aromatic carbocycles. The maximum atomic E-state index is 12.5. The van der Waals surface area contributed by atoms with Crippen LogP contribution in [0.1, 0.15) is 46.1 Å². The summed E-state index contributed by atoms with van der Waals surface area (Å²) in [6.07, 6.45) is 6.28. The number of anilines is 2. The third kappa shape index (κ3) is 4.11. The Labute approximate surface area is 190 Å². The van der Waals surface area contributed by atoms with Crippen LogP contribution in [-0.2, 0) is 12.8 Å². The molecule has 0 bridgehead atoms. The van der Waals surface area contributed by atoms with Crippen molar-refractivity contribution in [3.05, 3.63) is 82.5 Å². The van der Waals surface area contributed by atoms with Crippen molar-refractivity contribution >= 4 is 44.7 Å². The van der Waals surface area contributed by atoms with Gasteiger partial charge in [-0.25, -0.2) is 15.4 Å². The fourth-order valence-corrected chi connectivity index (χ4v) is 5.20. The monoisotopic (exact) mass is 441 g/mol. The van der Waals surface area contributed by atoms with Gasteiger partial charge in [-0.3, -0.25) is 4.79 Å². The number of rotatable bonds is 5. The molecular formula is C25H23N5OS. The van der Waals surface area contributed by atoms with Crippen molar-refractivity contribution in [1.29, 1.82) is 0 Å². The van der Waals surface area contributed by atoms with Crippen LogP contribution in [-0.4, -0.2) is 21.6 Å². The smallest absolute Gasteiger partial charge is 0.271 e. The second-order valence-electron chi connectivity index (χ2n) is 7.82. The molecule has 7 heteroatoms. The number of aromatic nitrogens is 2. The SMILES string of the molecule is C/C(=N\NC(=O)c1ccc(Nc2ncnc3sc4c(c23)CCCC4)cc1)c1ccccc1. The van der Waals surface area contributed by atoms with Gasteiger partial charge in [-0.1, -0.05) is 30.3 Å². The van der Waals surface area contributed by atoms with Crippen LogP contribution < -0.4 is 10.7 Å². The summed E-state index contributed by atoms with van der Waals surface area (Å²) < 4.78 is 0. The number of benzene rings is 2. The average Bonchev–Trinajstić information content (AvgIpc) is 3.23. The van der Waals surface area contributed by atoms with Gasteiger partial charge in [0, 0.05) is 16.1 Å². The highest BCUT2D eigenvalue weighted by Gasteiger charge is 2.20. The Balaban J connectivity index is 1.31. The van der Waals surface area contributed by atoms with E-state index in [1.165, 1.54) is 23.3 Å². The number of nitrogens with zero attached hydrogens (tertiary/aromatic N) is 3. The van der Waals surface area contributed by atoms with Crippen LogP contribution in [0.5, 0.6) is 0 Å². The molecule has 5 rings (SSSR count). The Morgan fingerprint density at radius 2 is 1.75 bits per heavy atom. The van der Waals surface area contributed by atoms with E-state index in [0.717, 1.165) is 45.8 Å². The summed E-state index contributed by atoms with van der Waals surface area (Å²) in [6, 6.07) is 17.1. The van der Waals surface area contributed by atoms with Crippen LogP contribution in [0.25, 0.3) is 10.2 Å². The van der Waals surface area contributed by atoms with Gasteiger partial charge in [-0.2, -0.15) is 5.10 Å². The quantitative estimate of drug-likeness (QED) is 0.318. The third-order valence-electron chi connectivity index (χ3n) is 5.68. The molecule has 0 saturated carbocycles. The van der Waals surface area contributed by atoms with Gasteiger partial charge < -0.3 is 5.32 Å². The van der Waals surface area contributed by atoms with Gasteiger partial charge in [-0.15, -0.1) is 11.3 Å². The summed E-state index contributed by atoms with van der Waals surface area (Å²) in [5.41, 5.74) is 7.17. The molecule has 0 aliphatic heterocycles. The molecule has 1 amide bonds. The van der Waals surface area contributed by atoms with E-state index in [1.54, 1.807) is 29.8 Å². The number of carbonyl (C=O) groups excluding carboxylic acids is 1. The molecule has 2 aromatic heterocycles. The van der Waals surface area contributed by atoms with Crippen molar-refractivity contribution in [3.63, 3.8) is 0 Å². The number of carbonyl (C=O) groups is 1. The molecule has 1 aliphatic carbocycles. The number of nitrogens with one attached hydrogen (secondary N) is 2. The topological polar surface area (TPSA) is 79.3 Å². The van der Waals surface area contributed by atoms with Gasteiger partial charge in [0.2, 0.25) is 0 Å². The van der Waals surface area contributed by atoms with Crippen molar-refractivity contribution in [2.24, 2.45) is 5.10 Å². The van der Waals surface area contributed by atoms with Gasteiger partial charge in [0.15, 0.2) is 0 Å². The highest BCUT2D eigenvalue weighted by atomic mass is 32.1. The number of hydrazone groups is 1. The van der Waals surface area contributed by atoms with Crippen LogP contribution in [0, 0.1) is 0 Å². The molecule has 0 fully saturated rings. The molecular weight excluding hydrogens is 418 g/mol. The fourth-order valence-electron chi connectivity index (χ4n) is 3.97. The second kappa shape index (κ2) is 8.88. The molecule has 6 nitrogen and oxygen atoms in total. The summed E-state index contributed by atoms with van der Waals surface area (Å²) in [6.45, 7) is 1.87. The molecule has 2 heterocycles. The standard InChI is InChI=1S/C25H23N5OS/c1-16(17-7-3-2-4-8-17)29-30-24(31)18-11-13-19(14-12-18)28-23-22-20-9-5-6-10-21(20)32-25(22)27-15-26-23/h2-4,7-8,11-15H,5-6,9-10H2,1H3,(H,30,31)(H,26,27,28)/b29-16+. The Morgan fingerprint density at radius 3 is 2.56 bits per heavy atom. The first-order valence-corrected chi connectivity index (χ1v) is 11.5. The van der Waals surface area contributed by atoms with E-state index in [1.807, 2.05) is 49.4 Å². The van der Waals surface area contributed by atoms with E-state index < -0.39 is 0 Å². The molecule has 32 heavy (non-hydrogen) atoms. The first kappa shape index (κ1) is 20.3. The van der Waals surface area contributed by atoms with E-state index in [-0.39, 0.29) is 5.91 Å². The number of thiophene rings is 1. The van der Waals surface area contributed by atoms with Gasteiger partial charge in [-0.05, 0) is 68.0 Å². The summed E-state index contributed by atoms with van der Waals surface area (Å²) in [5.74, 6) is 0.581. The molecule has 0 saturated heterocycles. The molecule has 160 valence electrons. The van der Waals surface area contributed by atoms with Crippen molar-refractivity contribution in [2.45, 2.75) is 32.6 Å². The molecule has 1 aliphatic rings. The normalized spacial score (nSPS) is 13.6. The lowest BCUT2D eigenvalue weighted by Gasteiger charge is -2.12. The van der Waals surface area contributed by atoms with Gasteiger partial charge in [0.05, 0.1) is 11.1 Å². The minimum Gasteiger partial charge on any atom is -0.340 e. The molecule has 0 unspecified atom stereocenters. The Morgan fingerprint density at radius 1 is 0.969 bits per heavy atom. The molecule has 2 N–H and O–H groups in total. The highest BCUT2D eigenvalue weighted by molar-refractivity contribution is 7.19. The lowest BCUT2D eigenvalue weighted by atomic mass is 9.97. The van der Waals surface area contributed by atoms with Crippen LogP contribution >= 0.6 is 11.3 Å². The third-order valence-corrected chi connectivity index (χ3v) is 6.88. The average molecular weight is 442 g/mol. The van der Waals surface area contributed by atoms with E-state index in [9.17, 15) is 4.79 Å². The Hall–Kier alpha value is -3.58. The minimum atomic E-state index is -0.247. The van der Waals surface area contributed by atoms with E-state index in [2.05, 4.69) is 25.8 Å². The van der Waals surface area contributed by atoms with Gasteiger partial charge in [0.1, 0.15) is 17.0 Å². The predicted molar refractivity (Wildman–Crippen MR) is 130 cm³/mol. The van der Waals surface area contributed by atoms with Crippen molar-refractivity contribution < 1.29 is 4.79 Å².